The number of hydrogen-bond acceptors (Lipinski definition) is 4. The van der Waals surface area contributed by atoms with Crippen molar-refractivity contribution in [2.45, 2.75) is 4.90 Å². The average molecular weight is 251 g/mol. The number of rotatable bonds is 3. The third-order valence-electron chi connectivity index (χ3n) is 1.56. The molecule has 0 aliphatic rings. The summed E-state index contributed by atoms with van der Waals surface area (Å²) in [5.41, 5.74) is 7.91. The molecule has 0 saturated carbocycles. The van der Waals surface area contributed by atoms with Gasteiger partial charge in [-0.3, -0.25) is 9.35 Å². The predicted octanol–water partition coefficient (Wildman–Crippen LogP) is 1.04. The van der Waals surface area contributed by atoms with E-state index in [0.29, 0.717) is 0 Å². The molecule has 1 aromatic rings. The normalized spacial score (nSPS) is 9.81. The van der Waals surface area contributed by atoms with Gasteiger partial charge in [-0.15, -0.1) is 0 Å². The Labute approximate surface area is 113 Å². The molecule has 0 amide bonds. The van der Waals surface area contributed by atoms with Crippen LogP contribution in [-0.4, -0.2) is 48.8 Å². The first-order chi connectivity index (χ1) is 6.99. The maximum atomic E-state index is 10.8. The molecular weight excluding hydrogens is 245 g/mol. The van der Waals surface area contributed by atoms with E-state index in [4.69, 9.17) is 10.1 Å². The van der Waals surface area contributed by atoms with Crippen molar-refractivity contribution >= 4 is 51.6 Å². The van der Waals surface area contributed by atoms with Crippen LogP contribution < -0.4 is 0 Å². The molecule has 16 heavy (non-hydrogen) atoms. The topological polar surface area (TPSA) is 120 Å². The summed E-state index contributed by atoms with van der Waals surface area (Å²) >= 11 is 0. The van der Waals surface area contributed by atoms with Crippen molar-refractivity contribution in [1.82, 2.24) is 0 Å². The number of nitrogens with zero attached hydrogens (tertiary/aromatic N) is 3. The van der Waals surface area contributed by atoms with Gasteiger partial charge in [-0.05, 0) is 17.7 Å². The molecule has 1 N–H and O–H groups in total. The molecule has 0 aliphatic heterocycles. The van der Waals surface area contributed by atoms with Crippen LogP contribution in [-0.2, 0) is 10.1 Å². The van der Waals surface area contributed by atoms with Gasteiger partial charge in [0.1, 0.15) is 4.90 Å². The van der Waals surface area contributed by atoms with Crippen LogP contribution >= 0.6 is 0 Å². The molecule has 1 aromatic carbocycles. The maximum absolute atomic E-state index is 10.8. The van der Waals surface area contributed by atoms with Gasteiger partial charge in [-0.25, -0.2) is 0 Å². The van der Waals surface area contributed by atoms with Crippen LogP contribution in [0.1, 0.15) is 10.4 Å². The molecular formula is C7H6N3NaO4S. The van der Waals surface area contributed by atoms with E-state index in [-0.39, 0.29) is 47.1 Å². The Kier molecular flexibility index (Phi) is 5.66. The van der Waals surface area contributed by atoms with E-state index in [9.17, 15) is 13.2 Å². The summed E-state index contributed by atoms with van der Waals surface area (Å²) in [7, 11) is -4.50. The molecule has 0 bridgehead atoms. The Morgan fingerprint density at radius 3 is 2.50 bits per heavy atom. The van der Waals surface area contributed by atoms with E-state index < -0.39 is 15.0 Å². The number of aldehydes is 1. The van der Waals surface area contributed by atoms with E-state index >= 15 is 0 Å². The Hall–Kier alpha value is -0.890. The first kappa shape index (κ1) is 15.1. The van der Waals surface area contributed by atoms with Crippen LogP contribution in [0.25, 0.3) is 10.4 Å². The second-order valence-corrected chi connectivity index (χ2v) is 3.89. The van der Waals surface area contributed by atoms with Crippen molar-refractivity contribution in [1.29, 1.82) is 0 Å². The van der Waals surface area contributed by atoms with E-state index in [0.717, 1.165) is 12.1 Å². The monoisotopic (exact) mass is 251 g/mol. The summed E-state index contributed by atoms with van der Waals surface area (Å²) in [6, 6.07) is 3.32. The van der Waals surface area contributed by atoms with Crippen LogP contribution in [0.15, 0.2) is 28.2 Å². The molecule has 0 aromatic heterocycles. The summed E-state index contributed by atoms with van der Waals surface area (Å²) in [4.78, 5) is 12.3. The molecule has 0 aliphatic carbocycles. The van der Waals surface area contributed by atoms with E-state index in [1.807, 2.05) is 0 Å². The first-order valence-corrected chi connectivity index (χ1v) is 5.05. The Balaban J connectivity index is 0.00000225. The van der Waals surface area contributed by atoms with E-state index in [1.54, 1.807) is 0 Å². The van der Waals surface area contributed by atoms with Crippen molar-refractivity contribution in [3.63, 3.8) is 0 Å². The van der Waals surface area contributed by atoms with Crippen molar-refractivity contribution in [3.05, 3.63) is 34.2 Å². The fourth-order valence-corrected chi connectivity index (χ4v) is 1.64. The van der Waals surface area contributed by atoms with Gasteiger partial charge in [-0.2, -0.15) is 8.42 Å². The van der Waals surface area contributed by atoms with Crippen molar-refractivity contribution in [2.24, 2.45) is 5.11 Å². The molecule has 1 rings (SSSR count). The first-order valence-electron chi connectivity index (χ1n) is 3.61. The number of carbonyl (C=O) groups excluding carboxylic acids is 1. The van der Waals surface area contributed by atoms with E-state index in [2.05, 4.69) is 10.0 Å². The average Bonchev–Trinajstić information content (AvgIpc) is 2.17. The van der Waals surface area contributed by atoms with Crippen molar-refractivity contribution < 1.29 is 17.8 Å². The zero-order valence-corrected chi connectivity index (χ0v) is 8.05. The zero-order chi connectivity index (χ0) is 11.5. The van der Waals surface area contributed by atoms with Crippen molar-refractivity contribution in [2.75, 3.05) is 0 Å². The summed E-state index contributed by atoms with van der Waals surface area (Å²) < 4.78 is 30.4. The number of azide groups is 1. The molecule has 0 saturated heterocycles. The van der Waals surface area contributed by atoms with Gasteiger partial charge in [0, 0.05) is 16.2 Å². The summed E-state index contributed by atoms with van der Waals surface area (Å²) in [5, 5.41) is 3.15. The number of benzene rings is 1. The zero-order valence-electron chi connectivity index (χ0n) is 7.23. The van der Waals surface area contributed by atoms with Gasteiger partial charge in [0.2, 0.25) is 0 Å². The van der Waals surface area contributed by atoms with Crippen LogP contribution in [0.2, 0.25) is 0 Å². The van der Waals surface area contributed by atoms with Gasteiger partial charge in [0.15, 0.2) is 6.29 Å². The van der Waals surface area contributed by atoms with Gasteiger partial charge < -0.3 is 0 Å². The molecule has 0 radical (unpaired) electrons. The minimum absolute atomic E-state index is 0. The van der Waals surface area contributed by atoms with Gasteiger partial charge in [-0.1, -0.05) is 11.2 Å². The summed E-state index contributed by atoms with van der Waals surface area (Å²) in [6.45, 7) is 0. The van der Waals surface area contributed by atoms with Gasteiger partial charge >= 0.3 is 29.6 Å². The molecule has 7 nitrogen and oxygen atoms in total. The Bertz CT molecular complexity index is 551. The Morgan fingerprint density at radius 1 is 1.44 bits per heavy atom. The Morgan fingerprint density at radius 2 is 2.06 bits per heavy atom. The second-order valence-electron chi connectivity index (χ2n) is 2.50. The molecule has 0 heterocycles. The summed E-state index contributed by atoms with van der Waals surface area (Å²) in [5.74, 6) is 0. The fourth-order valence-electron chi connectivity index (χ4n) is 0.958. The molecule has 0 unspecified atom stereocenters. The van der Waals surface area contributed by atoms with Gasteiger partial charge in [0.25, 0.3) is 10.1 Å². The van der Waals surface area contributed by atoms with Crippen LogP contribution in [0.3, 0.4) is 0 Å². The van der Waals surface area contributed by atoms with Crippen LogP contribution in [0, 0.1) is 0 Å². The SMILES string of the molecule is [N-]=[N+]=Nc1ccc(C=O)c(S(=O)(=O)O)c1.[NaH]. The molecule has 0 atom stereocenters. The molecule has 0 fully saturated rings. The van der Waals surface area contributed by atoms with Crippen molar-refractivity contribution in [3.8, 4) is 0 Å². The van der Waals surface area contributed by atoms with Gasteiger partial charge in [0.05, 0.1) is 0 Å². The quantitative estimate of drug-likeness (QED) is 0.215. The summed E-state index contributed by atoms with van der Waals surface area (Å²) in [6.07, 6.45) is 0.281. The van der Waals surface area contributed by atoms with Crippen LogP contribution in [0.4, 0.5) is 5.69 Å². The fraction of sp³-hybridized carbons (Fsp3) is 0. The van der Waals surface area contributed by atoms with E-state index in [1.165, 1.54) is 6.07 Å². The molecule has 0 spiro atoms. The number of carbonyl (C=O) groups is 1. The minimum atomic E-state index is -4.50. The third-order valence-corrected chi connectivity index (χ3v) is 2.47. The number of hydrogen-bond donors (Lipinski definition) is 1. The predicted molar refractivity (Wildman–Crippen MR) is 57.6 cm³/mol. The second kappa shape index (κ2) is 6.00. The third kappa shape index (κ3) is 3.60. The molecule has 9 heteroatoms. The standard InChI is InChI=1S/C7H5N3O4S.Na.H/c8-10-9-6-2-1-5(4-11)7(3-6)15(12,13)14;;/h1-4H,(H,12,13,14);;. The molecule has 80 valence electrons. The van der Waals surface area contributed by atoms with Crippen LogP contribution in [0.5, 0.6) is 0 Å².